The summed E-state index contributed by atoms with van der Waals surface area (Å²) in [6, 6.07) is 15.9. The van der Waals surface area contributed by atoms with E-state index < -0.39 is 0 Å². The summed E-state index contributed by atoms with van der Waals surface area (Å²) in [5.74, 6) is 2.26. The molecule has 1 saturated carbocycles. The molecule has 2 aliphatic rings. The van der Waals surface area contributed by atoms with Gasteiger partial charge >= 0.3 is 0 Å². The van der Waals surface area contributed by atoms with E-state index in [9.17, 15) is 5.11 Å². The Hall–Kier alpha value is -2.89. The molecule has 154 valence electrons. The van der Waals surface area contributed by atoms with Crippen LogP contribution in [0, 0.1) is 0 Å². The lowest BCUT2D eigenvalue weighted by molar-refractivity contribution is 0.367. The van der Waals surface area contributed by atoms with Gasteiger partial charge in [0, 0.05) is 50.7 Å². The number of aliphatic imine (C=N–C) groups is 1. The first-order chi connectivity index (χ1) is 14.2. The van der Waals surface area contributed by atoms with Crippen LogP contribution in [0.5, 0.6) is 11.5 Å². The van der Waals surface area contributed by atoms with Crippen LogP contribution in [0.1, 0.15) is 18.4 Å². The van der Waals surface area contributed by atoms with Crippen LogP contribution in [0.15, 0.2) is 53.5 Å². The van der Waals surface area contributed by atoms with Gasteiger partial charge < -0.3 is 25.0 Å². The summed E-state index contributed by atoms with van der Waals surface area (Å²) < 4.78 is 5.59. The second-order valence-corrected chi connectivity index (χ2v) is 7.84. The molecule has 6 heteroatoms. The van der Waals surface area contributed by atoms with E-state index in [0.717, 1.165) is 50.1 Å². The Kier molecular flexibility index (Phi) is 5.51. The van der Waals surface area contributed by atoms with Gasteiger partial charge in [-0.2, -0.15) is 0 Å². The van der Waals surface area contributed by atoms with Gasteiger partial charge in [-0.3, -0.25) is 4.99 Å². The topological polar surface area (TPSA) is 60.3 Å². The number of nitrogens with one attached hydrogen (secondary N) is 1. The maximum absolute atomic E-state index is 10.1. The van der Waals surface area contributed by atoms with Gasteiger partial charge in [0.15, 0.2) is 5.96 Å². The Morgan fingerprint density at radius 3 is 2.41 bits per heavy atom. The molecule has 1 heterocycles. The average Bonchev–Trinajstić information content (AvgIpc) is 3.56. The predicted molar refractivity (Wildman–Crippen MR) is 117 cm³/mol. The van der Waals surface area contributed by atoms with Crippen molar-refractivity contribution in [3.8, 4) is 11.5 Å². The molecule has 29 heavy (non-hydrogen) atoms. The quantitative estimate of drug-likeness (QED) is 0.603. The maximum Gasteiger partial charge on any atom is 0.193 e. The highest BCUT2D eigenvalue weighted by Gasteiger charge is 2.46. The maximum atomic E-state index is 10.1. The number of anilines is 1. The van der Waals surface area contributed by atoms with Crippen molar-refractivity contribution < 1.29 is 9.84 Å². The van der Waals surface area contributed by atoms with Crippen LogP contribution in [0.25, 0.3) is 0 Å². The zero-order chi connectivity index (χ0) is 20.3. The first kappa shape index (κ1) is 19.4. The average molecular weight is 395 g/mol. The first-order valence-electron chi connectivity index (χ1n) is 10.3. The van der Waals surface area contributed by atoms with Gasteiger partial charge in [0.2, 0.25) is 0 Å². The SMILES string of the molecule is CN=C(NCC1(c2ccccc2OC)CC1)N1CCN(c2ccccc2O)CC1. The summed E-state index contributed by atoms with van der Waals surface area (Å²) in [6.07, 6.45) is 2.33. The highest BCUT2D eigenvalue weighted by molar-refractivity contribution is 5.80. The predicted octanol–water partition coefficient (Wildman–Crippen LogP) is 2.83. The zero-order valence-electron chi connectivity index (χ0n) is 17.3. The Morgan fingerprint density at radius 2 is 1.76 bits per heavy atom. The van der Waals surface area contributed by atoms with E-state index in [0.29, 0.717) is 5.75 Å². The number of ether oxygens (including phenoxy) is 1. The standard InChI is InChI=1S/C23H30N4O2/c1-24-22(25-17-23(11-12-23)18-7-3-6-10-21(18)29-2)27-15-13-26(14-16-27)19-8-4-5-9-20(19)28/h3-10,28H,11-17H2,1-2H3,(H,24,25). The highest BCUT2D eigenvalue weighted by atomic mass is 16.5. The normalized spacial score (nSPS) is 18.5. The minimum absolute atomic E-state index is 0.139. The summed E-state index contributed by atoms with van der Waals surface area (Å²) in [7, 11) is 3.59. The van der Waals surface area contributed by atoms with Gasteiger partial charge in [-0.25, -0.2) is 0 Å². The fourth-order valence-corrected chi connectivity index (χ4v) is 4.25. The van der Waals surface area contributed by atoms with E-state index in [4.69, 9.17) is 4.74 Å². The molecule has 0 spiro atoms. The van der Waals surface area contributed by atoms with Gasteiger partial charge in [0.1, 0.15) is 11.5 Å². The third kappa shape index (κ3) is 3.97. The molecular formula is C23H30N4O2. The minimum atomic E-state index is 0.139. The molecule has 1 aliphatic carbocycles. The number of hydrogen-bond acceptors (Lipinski definition) is 4. The molecule has 2 N–H and O–H groups in total. The van der Waals surface area contributed by atoms with Gasteiger partial charge in [0.05, 0.1) is 12.8 Å². The first-order valence-corrected chi connectivity index (χ1v) is 10.3. The molecule has 0 atom stereocenters. The van der Waals surface area contributed by atoms with Crippen LogP contribution >= 0.6 is 0 Å². The zero-order valence-corrected chi connectivity index (χ0v) is 17.3. The molecule has 6 nitrogen and oxygen atoms in total. The summed E-state index contributed by atoms with van der Waals surface area (Å²) in [5, 5.41) is 13.7. The van der Waals surface area contributed by atoms with E-state index in [2.05, 4.69) is 32.2 Å². The van der Waals surface area contributed by atoms with Crippen LogP contribution in [0.3, 0.4) is 0 Å². The lowest BCUT2D eigenvalue weighted by atomic mass is 9.95. The van der Waals surface area contributed by atoms with Crippen molar-refractivity contribution in [3.05, 3.63) is 54.1 Å². The van der Waals surface area contributed by atoms with Gasteiger partial charge in [-0.15, -0.1) is 0 Å². The van der Waals surface area contributed by atoms with E-state index >= 15 is 0 Å². The van der Waals surface area contributed by atoms with Crippen molar-refractivity contribution in [3.63, 3.8) is 0 Å². The molecule has 2 fully saturated rings. The number of para-hydroxylation sites is 3. The molecule has 0 aromatic heterocycles. The van der Waals surface area contributed by atoms with Gasteiger partial charge in [0.25, 0.3) is 0 Å². The molecule has 1 aliphatic heterocycles. The largest absolute Gasteiger partial charge is 0.506 e. The van der Waals surface area contributed by atoms with Crippen LogP contribution in [0.2, 0.25) is 0 Å². The summed E-state index contributed by atoms with van der Waals surface area (Å²) in [4.78, 5) is 9.06. The molecule has 4 rings (SSSR count). The second-order valence-electron chi connectivity index (χ2n) is 7.84. The number of guanidine groups is 1. The number of piperazine rings is 1. The Labute approximate surface area is 172 Å². The highest BCUT2D eigenvalue weighted by Crippen LogP contribution is 2.50. The van der Waals surface area contributed by atoms with Crippen LogP contribution in [0.4, 0.5) is 5.69 Å². The number of nitrogens with zero attached hydrogens (tertiary/aromatic N) is 3. The van der Waals surface area contributed by atoms with E-state index in [-0.39, 0.29) is 5.41 Å². The molecule has 2 aromatic carbocycles. The molecule has 0 bridgehead atoms. The van der Waals surface area contributed by atoms with E-state index in [1.54, 1.807) is 13.2 Å². The number of phenolic OH excluding ortho intramolecular Hbond substituents is 1. The number of aromatic hydroxyl groups is 1. The van der Waals surface area contributed by atoms with Crippen LogP contribution in [-0.4, -0.2) is 62.8 Å². The lowest BCUT2D eigenvalue weighted by Gasteiger charge is -2.38. The van der Waals surface area contributed by atoms with Gasteiger partial charge in [-0.1, -0.05) is 30.3 Å². The van der Waals surface area contributed by atoms with Crippen molar-refractivity contribution in [1.29, 1.82) is 0 Å². The third-order valence-corrected chi connectivity index (χ3v) is 6.13. The number of hydrogen-bond donors (Lipinski definition) is 2. The third-order valence-electron chi connectivity index (χ3n) is 6.13. The smallest absolute Gasteiger partial charge is 0.193 e. The molecular weight excluding hydrogens is 364 g/mol. The summed E-state index contributed by atoms with van der Waals surface area (Å²) in [5.41, 5.74) is 2.33. The Bertz CT molecular complexity index is 871. The summed E-state index contributed by atoms with van der Waals surface area (Å²) >= 11 is 0. The summed E-state index contributed by atoms with van der Waals surface area (Å²) in [6.45, 7) is 4.32. The molecule has 0 amide bonds. The van der Waals surface area contributed by atoms with E-state index in [1.165, 1.54) is 18.4 Å². The van der Waals surface area contributed by atoms with Crippen molar-refractivity contribution in [2.24, 2.45) is 4.99 Å². The number of methoxy groups -OCH3 is 1. The number of rotatable bonds is 5. The molecule has 2 aromatic rings. The fraction of sp³-hybridized carbons (Fsp3) is 0.435. The Balaban J connectivity index is 1.37. The van der Waals surface area contributed by atoms with E-state index in [1.807, 2.05) is 37.4 Å². The van der Waals surface area contributed by atoms with Gasteiger partial charge in [-0.05, 0) is 31.0 Å². The Morgan fingerprint density at radius 1 is 1.07 bits per heavy atom. The van der Waals surface area contributed by atoms with Crippen molar-refractivity contribution in [2.45, 2.75) is 18.3 Å². The minimum Gasteiger partial charge on any atom is -0.506 e. The second kappa shape index (κ2) is 8.23. The van der Waals surface area contributed by atoms with Crippen molar-refractivity contribution >= 4 is 11.6 Å². The fourth-order valence-electron chi connectivity index (χ4n) is 4.25. The molecule has 0 unspecified atom stereocenters. The van der Waals surface area contributed by atoms with Crippen molar-refractivity contribution in [1.82, 2.24) is 10.2 Å². The lowest BCUT2D eigenvalue weighted by Crippen LogP contribution is -2.53. The van der Waals surface area contributed by atoms with Crippen molar-refractivity contribution in [2.75, 3.05) is 51.8 Å². The van der Waals surface area contributed by atoms with Crippen LogP contribution < -0.4 is 15.0 Å². The molecule has 1 saturated heterocycles. The number of phenols is 1. The molecule has 0 radical (unpaired) electrons. The number of benzene rings is 2. The van der Waals surface area contributed by atoms with Crippen LogP contribution in [-0.2, 0) is 5.41 Å². The monoisotopic (exact) mass is 394 g/mol.